The third-order valence-corrected chi connectivity index (χ3v) is 3.39. The van der Waals surface area contributed by atoms with Crippen LogP contribution >= 0.6 is 0 Å². The molecule has 0 aliphatic heterocycles. The molecule has 140 valence electrons. The van der Waals surface area contributed by atoms with Crippen molar-refractivity contribution in [2.45, 2.75) is 18.9 Å². The number of hydrogen-bond acceptors (Lipinski definition) is 5. The summed E-state index contributed by atoms with van der Waals surface area (Å²) in [5, 5.41) is 6.94. The summed E-state index contributed by atoms with van der Waals surface area (Å²) in [6.45, 7) is 0.0738. The van der Waals surface area contributed by atoms with Crippen molar-refractivity contribution < 1.29 is 26.3 Å². The van der Waals surface area contributed by atoms with Gasteiger partial charge in [0.15, 0.2) is 11.5 Å². The molecule has 0 spiro atoms. The van der Waals surface area contributed by atoms with E-state index in [1.165, 1.54) is 0 Å². The van der Waals surface area contributed by atoms with E-state index in [1.807, 2.05) is 0 Å². The highest BCUT2D eigenvalue weighted by Crippen LogP contribution is 2.38. The van der Waals surface area contributed by atoms with E-state index >= 15 is 0 Å². The summed E-state index contributed by atoms with van der Waals surface area (Å²) in [6, 6.07) is 7.16. The van der Waals surface area contributed by atoms with Gasteiger partial charge in [-0.15, -0.1) is 5.11 Å². The van der Waals surface area contributed by atoms with Crippen molar-refractivity contribution in [3.8, 4) is 0 Å². The quantitative estimate of drug-likeness (QED) is 0.451. The predicted octanol–water partition coefficient (Wildman–Crippen LogP) is 5.35. The van der Waals surface area contributed by atoms with Gasteiger partial charge < -0.3 is 0 Å². The topological polar surface area (TPSA) is 63.4 Å². The van der Waals surface area contributed by atoms with Crippen molar-refractivity contribution in [3.05, 3.63) is 59.5 Å². The van der Waals surface area contributed by atoms with E-state index in [2.05, 4.69) is 25.2 Å². The molecule has 3 heterocycles. The van der Waals surface area contributed by atoms with Gasteiger partial charge in [0.1, 0.15) is 12.2 Å². The fourth-order valence-corrected chi connectivity index (χ4v) is 2.20. The average Bonchev–Trinajstić information content (AvgIpc) is 2.60. The molecule has 5 nitrogen and oxygen atoms in total. The average molecular weight is 385 g/mol. The molecule has 0 radical (unpaired) electrons. The Morgan fingerprint density at radius 2 is 1.67 bits per heavy atom. The van der Waals surface area contributed by atoms with Gasteiger partial charge in [-0.2, -0.15) is 31.5 Å². The van der Waals surface area contributed by atoms with Crippen LogP contribution in [0.1, 0.15) is 17.0 Å². The van der Waals surface area contributed by atoms with E-state index in [9.17, 15) is 26.3 Å². The van der Waals surface area contributed by atoms with E-state index in [-0.39, 0.29) is 18.4 Å². The minimum absolute atomic E-state index is 0.0354. The summed E-state index contributed by atoms with van der Waals surface area (Å²) in [5.41, 5.74) is -3.29. The van der Waals surface area contributed by atoms with Crippen LogP contribution in [0, 0.1) is 0 Å². The normalized spacial score (nSPS) is 12.8. The van der Waals surface area contributed by atoms with Crippen LogP contribution in [-0.4, -0.2) is 15.0 Å². The molecule has 11 heteroatoms. The molecular weight excluding hydrogens is 376 g/mol. The van der Waals surface area contributed by atoms with Crippen LogP contribution in [0.4, 0.5) is 32.2 Å². The van der Waals surface area contributed by atoms with E-state index in [4.69, 9.17) is 0 Å². The Bertz CT molecular complexity index is 982. The zero-order valence-corrected chi connectivity index (χ0v) is 13.3. The van der Waals surface area contributed by atoms with E-state index in [1.54, 1.807) is 24.4 Å². The van der Waals surface area contributed by atoms with Gasteiger partial charge in [-0.3, -0.25) is 4.98 Å². The van der Waals surface area contributed by atoms with Crippen molar-refractivity contribution in [3.63, 3.8) is 0 Å². The molecule has 0 amide bonds. The fourth-order valence-electron chi connectivity index (χ4n) is 2.20. The number of alkyl halides is 6. The van der Waals surface area contributed by atoms with E-state index in [0.29, 0.717) is 5.69 Å². The minimum atomic E-state index is -5.05. The summed E-state index contributed by atoms with van der Waals surface area (Å²) in [6.07, 6.45) is -8.50. The second kappa shape index (κ2) is 6.89. The number of fused-ring (bicyclic) bond motifs is 1. The minimum Gasteiger partial charge on any atom is -0.259 e. The molecule has 0 atom stereocenters. The van der Waals surface area contributed by atoms with Crippen LogP contribution in [0.3, 0.4) is 0 Å². The van der Waals surface area contributed by atoms with Crippen molar-refractivity contribution in [2.24, 2.45) is 10.2 Å². The summed E-state index contributed by atoms with van der Waals surface area (Å²) in [4.78, 5) is 10.9. The summed E-state index contributed by atoms with van der Waals surface area (Å²) in [5.74, 6) is -0.168. The Morgan fingerprint density at radius 1 is 0.889 bits per heavy atom. The maximum atomic E-state index is 13.1. The van der Waals surface area contributed by atoms with Crippen LogP contribution in [0.2, 0.25) is 0 Å². The molecule has 3 rings (SSSR count). The molecule has 3 aromatic heterocycles. The lowest BCUT2D eigenvalue weighted by Gasteiger charge is -2.13. The number of nitrogens with zero attached hydrogens (tertiary/aromatic N) is 5. The third kappa shape index (κ3) is 4.36. The standard InChI is InChI=1S/C16H9F6N5/c17-15(18,19)11-7-12(16(20,21)22)25-14-10(11)4-5-13(26-14)27-24-8-9-3-1-2-6-23-9/h1-7H,8H2. The van der Waals surface area contributed by atoms with Crippen LogP contribution in [0.15, 0.2) is 52.8 Å². The number of halogens is 6. The van der Waals surface area contributed by atoms with Gasteiger partial charge in [-0.25, -0.2) is 9.97 Å². The second-order valence-corrected chi connectivity index (χ2v) is 5.31. The number of azo groups is 1. The molecule has 0 aliphatic rings. The van der Waals surface area contributed by atoms with E-state index < -0.39 is 34.6 Å². The van der Waals surface area contributed by atoms with Gasteiger partial charge in [0.2, 0.25) is 0 Å². The molecule has 0 unspecified atom stereocenters. The van der Waals surface area contributed by atoms with Crippen molar-refractivity contribution in [1.29, 1.82) is 0 Å². The summed E-state index contributed by atoms with van der Waals surface area (Å²) >= 11 is 0. The highest BCUT2D eigenvalue weighted by Gasteiger charge is 2.39. The van der Waals surface area contributed by atoms with Crippen molar-refractivity contribution in [1.82, 2.24) is 15.0 Å². The summed E-state index contributed by atoms with van der Waals surface area (Å²) in [7, 11) is 0. The first-order valence-corrected chi connectivity index (χ1v) is 7.38. The maximum absolute atomic E-state index is 13.1. The molecule has 0 aliphatic carbocycles. The molecule has 0 fully saturated rings. The zero-order valence-electron chi connectivity index (χ0n) is 13.3. The monoisotopic (exact) mass is 385 g/mol. The molecule has 0 saturated carbocycles. The molecule has 0 bridgehead atoms. The molecule has 27 heavy (non-hydrogen) atoms. The van der Waals surface area contributed by atoms with Gasteiger partial charge in [0.25, 0.3) is 0 Å². The largest absolute Gasteiger partial charge is 0.433 e. The second-order valence-electron chi connectivity index (χ2n) is 5.31. The fraction of sp³-hybridized carbons (Fsp3) is 0.188. The first kappa shape index (κ1) is 18.7. The number of pyridine rings is 3. The SMILES string of the molecule is FC(F)(F)c1cc(C(F)(F)F)c2ccc(N=NCc3ccccn3)nc2n1. The number of rotatable bonds is 3. The Labute approximate surface area is 147 Å². The highest BCUT2D eigenvalue weighted by atomic mass is 19.4. The molecule has 3 aromatic rings. The van der Waals surface area contributed by atoms with Crippen LogP contribution in [0.5, 0.6) is 0 Å². The Balaban J connectivity index is 2.00. The van der Waals surface area contributed by atoms with E-state index in [0.717, 1.165) is 12.1 Å². The van der Waals surface area contributed by atoms with Crippen LogP contribution < -0.4 is 0 Å². The molecule has 0 aromatic carbocycles. The Morgan fingerprint density at radius 3 is 2.30 bits per heavy atom. The molecule has 0 N–H and O–H groups in total. The lowest BCUT2D eigenvalue weighted by molar-refractivity contribution is -0.144. The smallest absolute Gasteiger partial charge is 0.259 e. The maximum Gasteiger partial charge on any atom is 0.433 e. The van der Waals surface area contributed by atoms with Gasteiger partial charge in [-0.05, 0) is 30.3 Å². The molecular formula is C16H9F6N5. The van der Waals surface area contributed by atoms with Gasteiger partial charge >= 0.3 is 12.4 Å². The highest BCUT2D eigenvalue weighted by molar-refractivity contribution is 5.81. The summed E-state index contributed by atoms with van der Waals surface area (Å²) < 4.78 is 77.9. The third-order valence-electron chi connectivity index (χ3n) is 3.39. The van der Waals surface area contributed by atoms with Crippen molar-refractivity contribution >= 4 is 16.9 Å². The lowest BCUT2D eigenvalue weighted by Crippen LogP contribution is -2.14. The van der Waals surface area contributed by atoms with Gasteiger partial charge in [0.05, 0.1) is 11.3 Å². The van der Waals surface area contributed by atoms with Crippen LogP contribution in [0.25, 0.3) is 11.0 Å². The van der Waals surface area contributed by atoms with Crippen molar-refractivity contribution in [2.75, 3.05) is 0 Å². The Hall–Kier alpha value is -3.11. The van der Waals surface area contributed by atoms with Gasteiger partial charge in [0, 0.05) is 11.6 Å². The lowest BCUT2D eigenvalue weighted by atomic mass is 10.1. The number of aromatic nitrogens is 3. The van der Waals surface area contributed by atoms with Crippen LogP contribution in [-0.2, 0) is 18.9 Å². The zero-order chi connectivity index (χ0) is 19.7. The predicted molar refractivity (Wildman–Crippen MR) is 82.0 cm³/mol. The van der Waals surface area contributed by atoms with Gasteiger partial charge in [-0.1, -0.05) is 6.07 Å². The first-order chi connectivity index (χ1) is 12.6. The molecule has 0 saturated heterocycles. The number of hydrogen-bond donors (Lipinski definition) is 0. The Kier molecular flexibility index (Phi) is 4.77. The first-order valence-electron chi connectivity index (χ1n) is 7.38.